The zero-order valence-electron chi connectivity index (χ0n) is 13.5. The van der Waals surface area contributed by atoms with E-state index in [4.69, 9.17) is 4.74 Å². The van der Waals surface area contributed by atoms with E-state index in [-0.39, 0.29) is 0 Å². The van der Waals surface area contributed by atoms with E-state index in [2.05, 4.69) is 34.5 Å². The third kappa shape index (κ3) is 3.16. The molecule has 0 aromatic heterocycles. The maximum atomic E-state index is 5.44. The summed E-state index contributed by atoms with van der Waals surface area (Å²) in [6, 6.07) is 9.01. The van der Waals surface area contributed by atoms with Gasteiger partial charge in [0.1, 0.15) is 0 Å². The minimum Gasteiger partial charge on any atom is -0.378 e. The summed E-state index contributed by atoms with van der Waals surface area (Å²) in [5, 5.41) is 3.72. The van der Waals surface area contributed by atoms with Crippen molar-refractivity contribution in [2.75, 3.05) is 37.7 Å². The fourth-order valence-electron chi connectivity index (χ4n) is 4.71. The maximum Gasteiger partial charge on any atom is 0.0642 e. The van der Waals surface area contributed by atoms with E-state index >= 15 is 0 Å². The molecule has 1 aromatic carbocycles. The Morgan fingerprint density at radius 2 is 2.05 bits per heavy atom. The van der Waals surface area contributed by atoms with Gasteiger partial charge in [0.05, 0.1) is 13.2 Å². The fourth-order valence-corrected chi connectivity index (χ4v) is 4.71. The van der Waals surface area contributed by atoms with Gasteiger partial charge in [0.2, 0.25) is 0 Å². The van der Waals surface area contributed by atoms with E-state index in [1.807, 2.05) is 0 Å². The van der Waals surface area contributed by atoms with Crippen LogP contribution in [0.2, 0.25) is 0 Å². The van der Waals surface area contributed by atoms with Gasteiger partial charge in [0, 0.05) is 25.3 Å². The molecule has 3 fully saturated rings. The lowest BCUT2D eigenvalue weighted by Crippen LogP contribution is -2.36. The number of morpholine rings is 1. The monoisotopic (exact) mass is 300 g/mol. The van der Waals surface area contributed by atoms with Crippen LogP contribution in [0.3, 0.4) is 0 Å². The number of nitrogens with one attached hydrogen (secondary N) is 1. The average molecular weight is 300 g/mol. The third-order valence-electron chi connectivity index (χ3n) is 5.91. The van der Waals surface area contributed by atoms with Crippen molar-refractivity contribution in [3.8, 4) is 0 Å². The number of benzene rings is 1. The normalized spacial score (nSPS) is 30.9. The molecule has 1 N–H and O–H groups in total. The molecular formula is C19H28N2O. The molecule has 22 heavy (non-hydrogen) atoms. The van der Waals surface area contributed by atoms with Crippen molar-refractivity contribution < 1.29 is 4.74 Å². The van der Waals surface area contributed by atoms with E-state index in [9.17, 15) is 0 Å². The van der Waals surface area contributed by atoms with E-state index in [1.54, 1.807) is 0 Å². The van der Waals surface area contributed by atoms with Crippen LogP contribution in [0, 0.1) is 17.8 Å². The Morgan fingerprint density at radius 1 is 1.14 bits per heavy atom. The van der Waals surface area contributed by atoms with Crippen LogP contribution in [0.1, 0.15) is 31.2 Å². The molecule has 1 saturated heterocycles. The average Bonchev–Trinajstić information content (AvgIpc) is 3.19. The number of hydrogen-bond acceptors (Lipinski definition) is 3. The first kappa shape index (κ1) is 14.5. The van der Waals surface area contributed by atoms with Crippen LogP contribution >= 0.6 is 0 Å². The van der Waals surface area contributed by atoms with Gasteiger partial charge in [-0.1, -0.05) is 18.6 Å². The molecule has 120 valence electrons. The number of nitrogens with zero attached hydrogens (tertiary/aromatic N) is 1. The maximum absolute atomic E-state index is 5.44. The standard InChI is InChI=1S/C19H28N2O/c1-2-16(12-19(3-1)21-6-8-22-9-7-21)13-20-14-18-11-15-4-5-17(18)10-15/h1-3,12,15,17-18,20H,4-11,13-14H2. The number of ether oxygens (including phenoxy) is 1. The van der Waals surface area contributed by atoms with Crippen molar-refractivity contribution in [2.45, 2.75) is 32.2 Å². The number of fused-ring (bicyclic) bond motifs is 2. The number of anilines is 1. The Hall–Kier alpha value is -1.06. The van der Waals surface area contributed by atoms with Gasteiger partial charge in [-0.2, -0.15) is 0 Å². The van der Waals surface area contributed by atoms with Gasteiger partial charge in [-0.15, -0.1) is 0 Å². The highest BCUT2D eigenvalue weighted by Crippen LogP contribution is 2.47. The largest absolute Gasteiger partial charge is 0.378 e. The molecule has 3 unspecified atom stereocenters. The molecule has 1 heterocycles. The molecule has 3 atom stereocenters. The van der Waals surface area contributed by atoms with Gasteiger partial charge in [-0.3, -0.25) is 0 Å². The summed E-state index contributed by atoms with van der Waals surface area (Å²) < 4.78 is 5.44. The molecule has 0 radical (unpaired) electrons. The minimum absolute atomic E-state index is 0.854. The SMILES string of the molecule is c1cc(CNCC2CC3CCC2C3)cc(N2CCOCC2)c1. The number of rotatable bonds is 5. The first-order valence-corrected chi connectivity index (χ1v) is 9.01. The predicted octanol–water partition coefficient (Wildman–Crippen LogP) is 3.05. The summed E-state index contributed by atoms with van der Waals surface area (Å²) in [5.41, 5.74) is 2.76. The second-order valence-corrected chi connectivity index (χ2v) is 7.34. The topological polar surface area (TPSA) is 24.5 Å². The molecular weight excluding hydrogens is 272 g/mol. The molecule has 1 aromatic rings. The Morgan fingerprint density at radius 3 is 2.82 bits per heavy atom. The highest BCUT2D eigenvalue weighted by Gasteiger charge is 2.38. The smallest absolute Gasteiger partial charge is 0.0642 e. The van der Waals surface area contributed by atoms with Crippen molar-refractivity contribution in [1.29, 1.82) is 0 Å². The first-order chi connectivity index (χ1) is 10.9. The fraction of sp³-hybridized carbons (Fsp3) is 0.684. The van der Waals surface area contributed by atoms with Gasteiger partial charge in [-0.05, 0) is 61.3 Å². The van der Waals surface area contributed by atoms with Crippen LogP contribution < -0.4 is 10.2 Å². The molecule has 3 heteroatoms. The summed E-state index contributed by atoms with van der Waals surface area (Å²) in [4.78, 5) is 2.43. The summed E-state index contributed by atoms with van der Waals surface area (Å²) in [5.74, 6) is 3.03. The van der Waals surface area contributed by atoms with Crippen molar-refractivity contribution >= 4 is 5.69 Å². The van der Waals surface area contributed by atoms with Crippen molar-refractivity contribution in [3.05, 3.63) is 29.8 Å². The molecule has 3 aliphatic rings. The molecule has 0 amide bonds. The summed E-state index contributed by atoms with van der Waals surface area (Å²) in [6.07, 6.45) is 5.98. The van der Waals surface area contributed by atoms with Gasteiger partial charge in [0.15, 0.2) is 0 Å². The lowest BCUT2D eigenvalue weighted by molar-refractivity contribution is 0.122. The molecule has 2 bridgehead atoms. The lowest BCUT2D eigenvalue weighted by Gasteiger charge is -2.29. The van der Waals surface area contributed by atoms with E-state index < -0.39 is 0 Å². The zero-order valence-corrected chi connectivity index (χ0v) is 13.5. The minimum atomic E-state index is 0.854. The predicted molar refractivity (Wildman–Crippen MR) is 90.1 cm³/mol. The zero-order chi connectivity index (χ0) is 14.8. The Bertz CT molecular complexity index is 498. The molecule has 4 rings (SSSR count). The third-order valence-corrected chi connectivity index (χ3v) is 5.91. The number of hydrogen-bond donors (Lipinski definition) is 1. The molecule has 1 aliphatic heterocycles. The van der Waals surface area contributed by atoms with Crippen LogP contribution in [0.15, 0.2) is 24.3 Å². The molecule has 2 saturated carbocycles. The second-order valence-electron chi connectivity index (χ2n) is 7.34. The summed E-state index contributed by atoms with van der Waals surface area (Å²) >= 11 is 0. The highest BCUT2D eigenvalue weighted by atomic mass is 16.5. The van der Waals surface area contributed by atoms with E-state index in [0.29, 0.717) is 0 Å². The van der Waals surface area contributed by atoms with Crippen molar-refractivity contribution in [3.63, 3.8) is 0 Å². The second kappa shape index (κ2) is 6.59. The van der Waals surface area contributed by atoms with Crippen molar-refractivity contribution in [2.24, 2.45) is 17.8 Å². The summed E-state index contributed by atoms with van der Waals surface area (Å²) in [6.45, 7) is 5.96. The molecule has 0 spiro atoms. The highest BCUT2D eigenvalue weighted by molar-refractivity contribution is 5.48. The van der Waals surface area contributed by atoms with E-state index in [1.165, 1.54) is 43.5 Å². The van der Waals surface area contributed by atoms with Gasteiger partial charge < -0.3 is 15.0 Å². The van der Waals surface area contributed by atoms with Crippen LogP contribution in [0.5, 0.6) is 0 Å². The Balaban J connectivity index is 1.29. The van der Waals surface area contributed by atoms with Gasteiger partial charge >= 0.3 is 0 Å². The lowest BCUT2D eigenvalue weighted by atomic mass is 9.89. The summed E-state index contributed by atoms with van der Waals surface area (Å²) in [7, 11) is 0. The van der Waals surface area contributed by atoms with E-state index in [0.717, 1.165) is 50.6 Å². The van der Waals surface area contributed by atoms with Gasteiger partial charge in [0.25, 0.3) is 0 Å². The Labute approximate surface area is 134 Å². The van der Waals surface area contributed by atoms with Crippen molar-refractivity contribution in [1.82, 2.24) is 5.32 Å². The Kier molecular flexibility index (Phi) is 4.35. The van der Waals surface area contributed by atoms with Crippen LogP contribution in [-0.4, -0.2) is 32.8 Å². The van der Waals surface area contributed by atoms with Gasteiger partial charge in [-0.25, -0.2) is 0 Å². The van der Waals surface area contributed by atoms with Crippen LogP contribution in [0.25, 0.3) is 0 Å². The first-order valence-electron chi connectivity index (χ1n) is 9.01. The molecule has 2 aliphatic carbocycles. The van der Waals surface area contributed by atoms with Crippen LogP contribution in [-0.2, 0) is 11.3 Å². The molecule has 3 nitrogen and oxygen atoms in total. The van der Waals surface area contributed by atoms with Crippen LogP contribution in [0.4, 0.5) is 5.69 Å². The quantitative estimate of drug-likeness (QED) is 0.904.